The van der Waals surface area contributed by atoms with Crippen LogP contribution in [0.15, 0.2) is 36.4 Å². The second-order valence-electron chi connectivity index (χ2n) is 7.73. The Morgan fingerprint density at radius 1 is 0.750 bits per heavy atom. The van der Waals surface area contributed by atoms with Gasteiger partial charge in [0.25, 0.3) is 5.91 Å². The summed E-state index contributed by atoms with van der Waals surface area (Å²) in [6, 6.07) is 12.0. The summed E-state index contributed by atoms with van der Waals surface area (Å²) in [6.45, 7) is 3.93. The zero-order valence-corrected chi connectivity index (χ0v) is 16.4. The molecule has 2 aromatic rings. The lowest BCUT2D eigenvalue weighted by Crippen LogP contribution is -2.32. The Balaban J connectivity index is 1.36. The number of rotatable bonds is 4. The van der Waals surface area contributed by atoms with Crippen molar-refractivity contribution >= 4 is 23.1 Å². The van der Waals surface area contributed by atoms with Crippen molar-refractivity contribution in [3.63, 3.8) is 0 Å². The number of amides is 1. The van der Waals surface area contributed by atoms with Gasteiger partial charge in [0.15, 0.2) is 11.5 Å². The van der Waals surface area contributed by atoms with E-state index in [0.29, 0.717) is 11.5 Å². The quantitative estimate of drug-likeness (QED) is 0.861. The molecule has 0 atom stereocenters. The minimum atomic E-state index is -0.00756. The van der Waals surface area contributed by atoms with E-state index in [9.17, 15) is 4.79 Å². The molecule has 3 heterocycles. The Bertz CT molecular complexity index is 761. The maximum absolute atomic E-state index is 12.6. The molecule has 0 unspecified atom stereocenters. The van der Waals surface area contributed by atoms with E-state index in [1.807, 2.05) is 11.0 Å². The van der Waals surface area contributed by atoms with E-state index in [4.69, 9.17) is 0 Å². The smallest absolute Gasteiger partial charge is 0.274 e. The first-order chi connectivity index (χ1) is 13.8. The van der Waals surface area contributed by atoms with Crippen LogP contribution in [0.2, 0.25) is 0 Å². The highest BCUT2D eigenvalue weighted by Crippen LogP contribution is 2.23. The minimum absolute atomic E-state index is 0.00756. The molecule has 2 saturated heterocycles. The monoisotopic (exact) mass is 379 g/mol. The summed E-state index contributed by atoms with van der Waals surface area (Å²) >= 11 is 0. The van der Waals surface area contributed by atoms with Gasteiger partial charge in [-0.05, 0) is 68.5 Å². The molecule has 2 aliphatic rings. The van der Waals surface area contributed by atoms with Gasteiger partial charge in [-0.15, -0.1) is 10.2 Å². The molecule has 0 saturated carbocycles. The fraction of sp³-hybridized carbons (Fsp3) is 0.500. The number of benzene rings is 1. The van der Waals surface area contributed by atoms with Gasteiger partial charge in [-0.1, -0.05) is 12.8 Å². The minimum Gasteiger partial charge on any atom is -0.372 e. The second-order valence-corrected chi connectivity index (χ2v) is 7.73. The summed E-state index contributed by atoms with van der Waals surface area (Å²) in [6.07, 6.45) is 8.45. The predicted octanol–water partition coefficient (Wildman–Crippen LogP) is 4.23. The molecular formula is C22H29N5O. The van der Waals surface area contributed by atoms with Crippen LogP contribution in [0.25, 0.3) is 0 Å². The molecule has 1 aromatic heterocycles. The zero-order valence-electron chi connectivity index (χ0n) is 16.4. The van der Waals surface area contributed by atoms with Gasteiger partial charge in [0.1, 0.15) is 0 Å². The molecule has 0 aliphatic carbocycles. The molecule has 6 nitrogen and oxygen atoms in total. The third kappa shape index (κ3) is 4.61. The molecule has 0 spiro atoms. The first kappa shape index (κ1) is 18.7. The van der Waals surface area contributed by atoms with Crippen LogP contribution in [0, 0.1) is 0 Å². The molecule has 2 fully saturated rings. The molecule has 4 rings (SSSR count). The third-order valence-electron chi connectivity index (χ3n) is 5.64. The number of anilines is 3. The number of nitrogens with zero attached hydrogens (tertiary/aromatic N) is 4. The van der Waals surface area contributed by atoms with Crippen LogP contribution in [-0.2, 0) is 0 Å². The number of likely N-dealkylation sites (tertiary alicyclic amines) is 1. The Kier molecular flexibility index (Phi) is 6.04. The summed E-state index contributed by atoms with van der Waals surface area (Å²) in [7, 11) is 0. The number of nitrogens with one attached hydrogen (secondary N) is 1. The maximum Gasteiger partial charge on any atom is 0.274 e. The lowest BCUT2D eigenvalue weighted by Gasteiger charge is -2.28. The fourth-order valence-electron chi connectivity index (χ4n) is 4.00. The molecule has 2 aliphatic heterocycles. The van der Waals surface area contributed by atoms with Gasteiger partial charge in [-0.25, -0.2) is 0 Å². The van der Waals surface area contributed by atoms with Crippen LogP contribution in [0.1, 0.15) is 55.4 Å². The predicted molar refractivity (Wildman–Crippen MR) is 112 cm³/mol. The SMILES string of the molecule is O=C(c1ccc(Nc2ccc(N3CCCCC3)cc2)nn1)N1CCCCCC1. The van der Waals surface area contributed by atoms with Crippen molar-refractivity contribution in [2.75, 3.05) is 36.4 Å². The summed E-state index contributed by atoms with van der Waals surface area (Å²) in [5, 5.41) is 11.6. The topological polar surface area (TPSA) is 61.4 Å². The largest absolute Gasteiger partial charge is 0.372 e. The molecule has 1 aromatic carbocycles. The van der Waals surface area contributed by atoms with E-state index in [-0.39, 0.29) is 5.91 Å². The van der Waals surface area contributed by atoms with Crippen molar-refractivity contribution in [1.82, 2.24) is 15.1 Å². The van der Waals surface area contributed by atoms with Gasteiger partial charge in [-0.2, -0.15) is 0 Å². The van der Waals surface area contributed by atoms with E-state index in [1.54, 1.807) is 6.07 Å². The second kappa shape index (κ2) is 9.04. The average molecular weight is 380 g/mol. The number of carbonyl (C=O) groups excluding carboxylic acids is 1. The molecular weight excluding hydrogens is 350 g/mol. The van der Waals surface area contributed by atoms with E-state index in [1.165, 1.54) is 37.8 Å². The van der Waals surface area contributed by atoms with E-state index >= 15 is 0 Å². The number of hydrogen-bond acceptors (Lipinski definition) is 5. The Hall–Kier alpha value is -2.63. The van der Waals surface area contributed by atoms with Crippen molar-refractivity contribution in [1.29, 1.82) is 0 Å². The zero-order chi connectivity index (χ0) is 19.2. The van der Waals surface area contributed by atoms with Crippen molar-refractivity contribution in [2.45, 2.75) is 44.9 Å². The van der Waals surface area contributed by atoms with Gasteiger partial charge in [0.05, 0.1) is 0 Å². The van der Waals surface area contributed by atoms with Crippen LogP contribution in [0.4, 0.5) is 17.2 Å². The number of hydrogen-bond donors (Lipinski definition) is 1. The Morgan fingerprint density at radius 2 is 1.39 bits per heavy atom. The summed E-state index contributed by atoms with van der Waals surface area (Å²) < 4.78 is 0. The van der Waals surface area contributed by atoms with Crippen LogP contribution in [-0.4, -0.2) is 47.2 Å². The highest BCUT2D eigenvalue weighted by atomic mass is 16.2. The van der Waals surface area contributed by atoms with E-state index < -0.39 is 0 Å². The summed E-state index contributed by atoms with van der Waals surface area (Å²) in [5.74, 6) is 0.643. The maximum atomic E-state index is 12.6. The summed E-state index contributed by atoms with van der Waals surface area (Å²) in [5.41, 5.74) is 2.67. The number of piperidine rings is 1. The van der Waals surface area contributed by atoms with E-state index in [2.05, 4.69) is 44.7 Å². The van der Waals surface area contributed by atoms with Crippen LogP contribution < -0.4 is 10.2 Å². The molecule has 1 N–H and O–H groups in total. The molecule has 6 heteroatoms. The average Bonchev–Trinajstić information content (AvgIpc) is 3.05. The lowest BCUT2D eigenvalue weighted by molar-refractivity contribution is 0.0754. The van der Waals surface area contributed by atoms with Gasteiger partial charge >= 0.3 is 0 Å². The van der Waals surface area contributed by atoms with Crippen molar-refractivity contribution in [3.8, 4) is 0 Å². The molecule has 148 valence electrons. The highest BCUT2D eigenvalue weighted by molar-refractivity contribution is 5.92. The van der Waals surface area contributed by atoms with E-state index in [0.717, 1.165) is 44.7 Å². The van der Waals surface area contributed by atoms with Crippen molar-refractivity contribution < 1.29 is 4.79 Å². The number of carbonyl (C=O) groups is 1. The first-order valence-electron chi connectivity index (χ1n) is 10.5. The standard InChI is InChI=1S/C22H29N5O/c28-22(27-16-4-1-2-5-17-27)20-12-13-21(25-24-20)23-18-8-10-19(11-9-18)26-14-6-3-7-15-26/h8-13H,1-7,14-17H2,(H,23,25). The highest BCUT2D eigenvalue weighted by Gasteiger charge is 2.18. The Morgan fingerprint density at radius 3 is 2.04 bits per heavy atom. The molecule has 0 radical (unpaired) electrons. The number of aromatic nitrogens is 2. The van der Waals surface area contributed by atoms with Crippen molar-refractivity contribution in [2.24, 2.45) is 0 Å². The molecule has 28 heavy (non-hydrogen) atoms. The summed E-state index contributed by atoms with van der Waals surface area (Å²) in [4.78, 5) is 17.0. The Labute approximate surface area is 166 Å². The normalized spacial score (nSPS) is 17.9. The van der Waals surface area contributed by atoms with Gasteiger partial charge in [-0.3, -0.25) is 4.79 Å². The van der Waals surface area contributed by atoms with Crippen LogP contribution in [0.5, 0.6) is 0 Å². The van der Waals surface area contributed by atoms with Gasteiger partial charge in [0.2, 0.25) is 0 Å². The third-order valence-corrected chi connectivity index (χ3v) is 5.64. The van der Waals surface area contributed by atoms with Gasteiger partial charge < -0.3 is 15.1 Å². The van der Waals surface area contributed by atoms with Crippen LogP contribution >= 0.6 is 0 Å². The van der Waals surface area contributed by atoms with Gasteiger partial charge in [0, 0.05) is 37.6 Å². The first-order valence-corrected chi connectivity index (χ1v) is 10.5. The molecule has 0 bridgehead atoms. The fourth-order valence-corrected chi connectivity index (χ4v) is 4.00. The molecule has 1 amide bonds. The van der Waals surface area contributed by atoms with Crippen molar-refractivity contribution in [3.05, 3.63) is 42.1 Å². The van der Waals surface area contributed by atoms with Crippen LogP contribution in [0.3, 0.4) is 0 Å². The lowest BCUT2D eigenvalue weighted by atomic mass is 10.1.